The molecule has 0 bridgehead atoms. The summed E-state index contributed by atoms with van der Waals surface area (Å²) in [6.45, 7) is 6.22. The first-order valence-electron chi connectivity index (χ1n) is 13.7. The van der Waals surface area contributed by atoms with Crippen molar-refractivity contribution in [3.63, 3.8) is 0 Å². The van der Waals surface area contributed by atoms with Crippen LogP contribution in [0, 0.1) is 0 Å². The van der Waals surface area contributed by atoms with E-state index in [-0.39, 0.29) is 18.7 Å². The maximum atomic E-state index is 13.5. The molecule has 7 nitrogen and oxygen atoms in total. The van der Waals surface area contributed by atoms with E-state index >= 15 is 0 Å². The van der Waals surface area contributed by atoms with Gasteiger partial charge in [-0.3, -0.25) is 9.59 Å². The van der Waals surface area contributed by atoms with E-state index in [9.17, 15) is 9.59 Å². The van der Waals surface area contributed by atoms with Gasteiger partial charge in [-0.25, -0.2) is 0 Å². The molecule has 0 saturated heterocycles. The Hall–Kier alpha value is -4.00. The minimum absolute atomic E-state index is 0.0112. The standard InChI is InChI=1S/C32H37NO6/c1-3-19-33(22-27-10-7-8-11-28(27)37-20-9-5-6-12-31(34)36-4-2)32(35)25-15-13-24(14-16-25)26-17-18-29-30(21-26)39-23-38-29/h7-8,10-11,13-18,21H,3-6,9,12,19-20,22-23H2,1-2H3. The van der Waals surface area contributed by atoms with Crippen LogP contribution in [0.25, 0.3) is 11.1 Å². The molecular formula is C32H37NO6. The highest BCUT2D eigenvalue weighted by Gasteiger charge is 2.18. The van der Waals surface area contributed by atoms with Crippen molar-refractivity contribution in [1.82, 2.24) is 4.90 Å². The number of ether oxygens (including phenoxy) is 4. The van der Waals surface area contributed by atoms with Crippen LogP contribution in [-0.4, -0.2) is 43.3 Å². The lowest BCUT2D eigenvalue weighted by Crippen LogP contribution is -2.31. The van der Waals surface area contributed by atoms with Crippen molar-refractivity contribution in [3.8, 4) is 28.4 Å². The zero-order valence-electron chi connectivity index (χ0n) is 22.8. The average molecular weight is 532 g/mol. The second kappa shape index (κ2) is 14.2. The van der Waals surface area contributed by atoms with Crippen LogP contribution < -0.4 is 14.2 Å². The molecule has 7 heteroatoms. The Labute approximate surface area is 230 Å². The van der Waals surface area contributed by atoms with E-state index in [1.165, 1.54) is 0 Å². The maximum absolute atomic E-state index is 13.5. The zero-order chi connectivity index (χ0) is 27.5. The summed E-state index contributed by atoms with van der Waals surface area (Å²) in [5, 5.41) is 0. The molecule has 4 rings (SSSR count). The molecule has 1 amide bonds. The monoisotopic (exact) mass is 531 g/mol. The number of carbonyl (C=O) groups excluding carboxylic acids is 2. The number of esters is 1. The molecule has 0 fully saturated rings. The Balaban J connectivity index is 1.35. The van der Waals surface area contributed by atoms with Crippen molar-refractivity contribution in [3.05, 3.63) is 77.9 Å². The number of rotatable bonds is 14. The minimum atomic E-state index is -0.146. The summed E-state index contributed by atoms with van der Waals surface area (Å²) >= 11 is 0. The van der Waals surface area contributed by atoms with Crippen molar-refractivity contribution in [2.45, 2.75) is 52.5 Å². The highest BCUT2D eigenvalue weighted by molar-refractivity contribution is 5.94. The van der Waals surface area contributed by atoms with Crippen LogP contribution in [-0.2, 0) is 16.1 Å². The van der Waals surface area contributed by atoms with Crippen LogP contribution in [0.1, 0.15) is 61.9 Å². The predicted octanol–water partition coefficient (Wildman–Crippen LogP) is 6.64. The summed E-state index contributed by atoms with van der Waals surface area (Å²) in [7, 11) is 0. The quantitative estimate of drug-likeness (QED) is 0.172. The molecule has 0 aromatic heterocycles. The summed E-state index contributed by atoms with van der Waals surface area (Å²) in [5.74, 6) is 2.11. The fraction of sp³-hybridized carbons (Fsp3) is 0.375. The first-order chi connectivity index (χ1) is 19.1. The number of carbonyl (C=O) groups is 2. The molecule has 0 saturated carbocycles. The van der Waals surface area contributed by atoms with Gasteiger partial charge in [0.05, 0.1) is 13.2 Å². The Bertz CT molecular complexity index is 1240. The van der Waals surface area contributed by atoms with Crippen LogP contribution in [0.15, 0.2) is 66.7 Å². The number of fused-ring (bicyclic) bond motifs is 1. The molecule has 0 unspecified atom stereocenters. The number of benzene rings is 3. The van der Waals surface area contributed by atoms with E-state index in [2.05, 4.69) is 6.92 Å². The highest BCUT2D eigenvalue weighted by atomic mass is 16.7. The summed E-state index contributed by atoms with van der Waals surface area (Å²) < 4.78 is 21.9. The molecule has 0 N–H and O–H groups in total. The van der Waals surface area contributed by atoms with Crippen molar-refractivity contribution < 1.29 is 28.5 Å². The van der Waals surface area contributed by atoms with Gasteiger partial charge in [0.25, 0.3) is 5.91 Å². The van der Waals surface area contributed by atoms with E-state index < -0.39 is 0 Å². The van der Waals surface area contributed by atoms with Gasteiger partial charge in [0.2, 0.25) is 6.79 Å². The Morgan fingerprint density at radius 3 is 2.44 bits per heavy atom. The molecule has 0 atom stereocenters. The third kappa shape index (κ3) is 7.76. The normalized spacial score (nSPS) is 11.7. The molecule has 0 radical (unpaired) electrons. The number of hydrogen-bond donors (Lipinski definition) is 0. The molecule has 3 aromatic rings. The summed E-state index contributed by atoms with van der Waals surface area (Å²) in [4.78, 5) is 26.8. The van der Waals surface area contributed by atoms with Crippen molar-refractivity contribution >= 4 is 11.9 Å². The predicted molar refractivity (Wildman–Crippen MR) is 150 cm³/mol. The third-order valence-electron chi connectivity index (χ3n) is 6.54. The average Bonchev–Trinajstić information content (AvgIpc) is 3.43. The molecule has 1 heterocycles. The van der Waals surface area contributed by atoms with E-state index in [0.29, 0.717) is 38.3 Å². The second-order valence-electron chi connectivity index (χ2n) is 9.44. The number of nitrogens with zero attached hydrogens (tertiary/aromatic N) is 1. The van der Waals surface area contributed by atoms with Crippen molar-refractivity contribution in [1.29, 1.82) is 0 Å². The maximum Gasteiger partial charge on any atom is 0.305 e. The second-order valence-corrected chi connectivity index (χ2v) is 9.44. The van der Waals surface area contributed by atoms with Gasteiger partial charge in [-0.05, 0) is 74.1 Å². The molecular weight excluding hydrogens is 494 g/mol. The summed E-state index contributed by atoms with van der Waals surface area (Å²) in [6, 6.07) is 21.4. The van der Waals surface area contributed by atoms with Crippen molar-refractivity contribution in [2.24, 2.45) is 0 Å². The van der Waals surface area contributed by atoms with Gasteiger partial charge in [-0.1, -0.05) is 43.3 Å². The van der Waals surface area contributed by atoms with Crippen LogP contribution in [0.2, 0.25) is 0 Å². The lowest BCUT2D eigenvalue weighted by molar-refractivity contribution is -0.143. The van der Waals surface area contributed by atoms with Gasteiger partial charge >= 0.3 is 5.97 Å². The third-order valence-corrected chi connectivity index (χ3v) is 6.54. The molecule has 1 aliphatic rings. The topological polar surface area (TPSA) is 74.3 Å². The van der Waals surface area contributed by atoms with Crippen LogP contribution >= 0.6 is 0 Å². The fourth-order valence-electron chi connectivity index (χ4n) is 4.53. The molecule has 39 heavy (non-hydrogen) atoms. The van der Waals surface area contributed by atoms with Gasteiger partial charge in [0.1, 0.15) is 5.75 Å². The first-order valence-corrected chi connectivity index (χ1v) is 13.7. The Morgan fingerprint density at radius 1 is 0.872 bits per heavy atom. The van der Waals surface area contributed by atoms with Gasteiger partial charge in [0.15, 0.2) is 11.5 Å². The largest absolute Gasteiger partial charge is 0.493 e. The van der Waals surface area contributed by atoms with E-state index in [4.69, 9.17) is 18.9 Å². The minimum Gasteiger partial charge on any atom is -0.493 e. The van der Waals surface area contributed by atoms with E-state index in [1.807, 2.05) is 78.6 Å². The Morgan fingerprint density at radius 2 is 1.64 bits per heavy atom. The fourth-order valence-corrected chi connectivity index (χ4v) is 4.53. The molecule has 1 aliphatic heterocycles. The van der Waals surface area contributed by atoms with E-state index in [1.54, 1.807) is 0 Å². The summed E-state index contributed by atoms with van der Waals surface area (Å²) in [5.41, 5.74) is 3.64. The number of amides is 1. The summed E-state index contributed by atoms with van der Waals surface area (Å²) in [6.07, 6.45) is 3.82. The van der Waals surface area contributed by atoms with Gasteiger partial charge in [-0.2, -0.15) is 0 Å². The number of para-hydroxylation sites is 1. The molecule has 3 aromatic carbocycles. The molecule has 206 valence electrons. The highest BCUT2D eigenvalue weighted by Crippen LogP contribution is 2.36. The van der Waals surface area contributed by atoms with Crippen LogP contribution in [0.4, 0.5) is 0 Å². The van der Waals surface area contributed by atoms with E-state index in [0.717, 1.165) is 59.6 Å². The number of unbranched alkanes of at least 4 members (excludes halogenated alkanes) is 2. The smallest absolute Gasteiger partial charge is 0.305 e. The molecule has 0 spiro atoms. The van der Waals surface area contributed by atoms with Gasteiger partial charge in [0, 0.05) is 30.6 Å². The first kappa shape index (κ1) is 28.0. The lowest BCUT2D eigenvalue weighted by Gasteiger charge is -2.24. The Kier molecular flexibility index (Phi) is 10.2. The van der Waals surface area contributed by atoms with Crippen LogP contribution in [0.3, 0.4) is 0 Å². The van der Waals surface area contributed by atoms with Crippen LogP contribution in [0.5, 0.6) is 17.2 Å². The lowest BCUT2D eigenvalue weighted by atomic mass is 10.0. The van der Waals surface area contributed by atoms with Gasteiger partial charge < -0.3 is 23.8 Å². The van der Waals surface area contributed by atoms with Gasteiger partial charge in [-0.15, -0.1) is 0 Å². The number of hydrogen-bond acceptors (Lipinski definition) is 6. The van der Waals surface area contributed by atoms with Crippen molar-refractivity contribution in [2.75, 3.05) is 26.6 Å². The molecule has 0 aliphatic carbocycles. The zero-order valence-corrected chi connectivity index (χ0v) is 22.8. The SMILES string of the molecule is CCCN(Cc1ccccc1OCCCCCC(=O)OCC)C(=O)c1ccc(-c2ccc3c(c2)OCO3)cc1.